The van der Waals surface area contributed by atoms with Crippen molar-refractivity contribution in [2.75, 3.05) is 12.4 Å². The number of hydrogen-bond donors (Lipinski definition) is 2. The van der Waals surface area contributed by atoms with E-state index in [4.69, 9.17) is 12.2 Å². The lowest BCUT2D eigenvalue weighted by molar-refractivity contribution is 1.20. The van der Waals surface area contributed by atoms with Crippen LogP contribution in [0, 0.1) is 0 Å². The van der Waals surface area contributed by atoms with Crippen molar-refractivity contribution in [3.63, 3.8) is 0 Å². The van der Waals surface area contributed by atoms with Crippen molar-refractivity contribution in [3.05, 3.63) is 36.5 Å². The van der Waals surface area contributed by atoms with Crippen LogP contribution in [0.15, 0.2) is 36.5 Å². The second-order valence-electron chi connectivity index (χ2n) is 3.12. The Morgan fingerprint density at radius 2 is 2.20 bits per heavy atom. The van der Waals surface area contributed by atoms with Crippen molar-refractivity contribution in [2.24, 2.45) is 0 Å². The predicted molar refractivity (Wildman–Crippen MR) is 67.0 cm³/mol. The topological polar surface area (TPSA) is 37.0 Å². The summed E-state index contributed by atoms with van der Waals surface area (Å²) in [5.41, 5.74) is 1.95. The second-order valence-corrected chi connectivity index (χ2v) is 3.52. The summed E-state index contributed by atoms with van der Waals surface area (Å²) in [5.74, 6) is 0. The summed E-state index contributed by atoms with van der Waals surface area (Å²) < 4.78 is 0. The van der Waals surface area contributed by atoms with E-state index in [0.717, 1.165) is 16.6 Å². The summed E-state index contributed by atoms with van der Waals surface area (Å²) >= 11 is 5.02. The van der Waals surface area contributed by atoms with Crippen molar-refractivity contribution >= 4 is 33.9 Å². The van der Waals surface area contributed by atoms with Crippen LogP contribution in [0.3, 0.4) is 0 Å². The SMILES string of the molecule is CNC(=S)Nc1ccc2ncccc2c1. The summed E-state index contributed by atoms with van der Waals surface area (Å²) in [6.45, 7) is 0. The van der Waals surface area contributed by atoms with E-state index in [0.29, 0.717) is 5.11 Å². The van der Waals surface area contributed by atoms with Gasteiger partial charge in [-0.2, -0.15) is 0 Å². The number of benzene rings is 1. The predicted octanol–water partition coefficient (Wildman–Crippen LogP) is 2.15. The first-order chi connectivity index (χ1) is 7.29. The number of rotatable bonds is 1. The molecule has 0 spiro atoms. The Morgan fingerprint density at radius 1 is 1.33 bits per heavy atom. The number of anilines is 1. The van der Waals surface area contributed by atoms with Gasteiger partial charge in [-0.05, 0) is 36.5 Å². The number of aromatic nitrogens is 1. The van der Waals surface area contributed by atoms with Crippen molar-refractivity contribution < 1.29 is 0 Å². The molecule has 0 unspecified atom stereocenters. The van der Waals surface area contributed by atoms with E-state index >= 15 is 0 Å². The molecule has 3 nitrogen and oxygen atoms in total. The Labute approximate surface area is 93.5 Å². The third-order valence-electron chi connectivity index (χ3n) is 2.09. The van der Waals surface area contributed by atoms with Gasteiger partial charge in [0.2, 0.25) is 0 Å². The van der Waals surface area contributed by atoms with E-state index in [1.807, 2.05) is 30.3 Å². The van der Waals surface area contributed by atoms with Gasteiger partial charge in [0.15, 0.2) is 5.11 Å². The van der Waals surface area contributed by atoms with Crippen LogP contribution in [-0.4, -0.2) is 17.1 Å². The summed E-state index contributed by atoms with van der Waals surface area (Å²) in [5, 5.41) is 7.65. The summed E-state index contributed by atoms with van der Waals surface area (Å²) in [6, 6.07) is 9.89. The molecule has 0 aliphatic heterocycles. The van der Waals surface area contributed by atoms with Crippen LogP contribution in [0.1, 0.15) is 0 Å². The van der Waals surface area contributed by atoms with Crippen LogP contribution in [0.25, 0.3) is 10.9 Å². The number of nitrogens with zero attached hydrogens (tertiary/aromatic N) is 1. The number of fused-ring (bicyclic) bond motifs is 1. The molecule has 15 heavy (non-hydrogen) atoms. The lowest BCUT2D eigenvalue weighted by Crippen LogP contribution is -2.23. The van der Waals surface area contributed by atoms with Crippen LogP contribution in [0.4, 0.5) is 5.69 Å². The van der Waals surface area contributed by atoms with Gasteiger partial charge in [0.1, 0.15) is 0 Å². The molecule has 0 amide bonds. The summed E-state index contributed by atoms with van der Waals surface area (Å²) in [7, 11) is 1.79. The average molecular weight is 217 g/mol. The lowest BCUT2D eigenvalue weighted by Gasteiger charge is -2.07. The maximum Gasteiger partial charge on any atom is 0.170 e. The van der Waals surface area contributed by atoms with Gasteiger partial charge in [0.25, 0.3) is 0 Å². The number of pyridine rings is 1. The van der Waals surface area contributed by atoms with Crippen molar-refractivity contribution in [2.45, 2.75) is 0 Å². The molecule has 0 fully saturated rings. The summed E-state index contributed by atoms with van der Waals surface area (Å²) in [6.07, 6.45) is 1.79. The van der Waals surface area contributed by atoms with Gasteiger partial charge in [0.05, 0.1) is 5.52 Å². The fourth-order valence-corrected chi connectivity index (χ4v) is 1.46. The van der Waals surface area contributed by atoms with Crippen LogP contribution in [0.2, 0.25) is 0 Å². The Balaban J connectivity index is 2.34. The Hall–Kier alpha value is -1.68. The molecule has 1 aromatic carbocycles. The molecule has 0 aliphatic rings. The van der Waals surface area contributed by atoms with E-state index in [1.54, 1.807) is 13.2 Å². The van der Waals surface area contributed by atoms with Gasteiger partial charge in [-0.3, -0.25) is 4.98 Å². The molecule has 2 rings (SSSR count). The Morgan fingerprint density at radius 3 is 3.00 bits per heavy atom. The molecule has 1 aromatic heterocycles. The quantitative estimate of drug-likeness (QED) is 0.718. The molecule has 0 radical (unpaired) electrons. The monoisotopic (exact) mass is 217 g/mol. The van der Waals surface area contributed by atoms with Gasteiger partial charge in [-0.15, -0.1) is 0 Å². The van der Waals surface area contributed by atoms with Crippen LogP contribution in [0.5, 0.6) is 0 Å². The molecule has 0 saturated heterocycles. The number of thiocarbonyl (C=S) groups is 1. The fourth-order valence-electron chi connectivity index (χ4n) is 1.35. The molecule has 0 aliphatic carbocycles. The minimum absolute atomic E-state index is 0.609. The molecule has 0 saturated carbocycles. The number of hydrogen-bond acceptors (Lipinski definition) is 2. The van der Waals surface area contributed by atoms with Crippen LogP contribution >= 0.6 is 12.2 Å². The summed E-state index contributed by atoms with van der Waals surface area (Å²) in [4.78, 5) is 4.25. The maximum atomic E-state index is 5.02. The second kappa shape index (κ2) is 4.23. The molecule has 2 N–H and O–H groups in total. The smallest absolute Gasteiger partial charge is 0.170 e. The first-order valence-electron chi connectivity index (χ1n) is 4.63. The van der Waals surface area contributed by atoms with Crippen molar-refractivity contribution in [3.8, 4) is 0 Å². The van der Waals surface area contributed by atoms with Crippen LogP contribution < -0.4 is 10.6 Å². The third kappa shape index (κ3) is 2.22. The van der Waals surface area contributed by atoms with Gasteiger partial charge in [-0.1, -0.05) is 6.07 Å². The number of nitrogens with one attached hydrogen (secondary N) is 2. The molecule has 2 aromatic rings. The standard InChI is InChI=1S/C11H11N3S/c1-12-11(15)14-9-4-5-10-8(7-9)3-2-6-13-10/h2-7H,1H3,(H2,12,14,15). The molecule has 0 atom stereocenters. The highest BCUT2D eigenvalue weighted by Gasteiger charge is 1.97. The first kappa shape index (κ1) is 9.86. The van der Waals surface area contributed by atoms with E-state index in [2.05, 4.69) is 15.6 Å². The largest absolute Gasteiger partial charge is 0.366 e. The van der Waals surface area contributed by atoms with Crippen molar-refractivity contribution in [1.29, 1.82) is 0 Å². The first-order valence-corrected chi connectivity index (χ1v) is 5.04. The minimum Gasteiger partial charge on any atom is -0.366 e. The lowest BCUT2D eigenvalue weighted by atomic mass is 10.2. The molecular formula is C11H11N3S. The molecule has 1 heterocycles. The molecule has 4 heteroatoms. The van der Waals surface area contributed by atoms with E-state index in [9.17, 15) is 0 Å². The normalized spacial score (nSPS) is 9.93. The van der Waals surface area contributed by atoms with E-state index in [1.165, 1.54) is 0 Å². The highest BCUT2D eigenvalue weighted by Crippen LogP contribution is 2.16. The highest BCUT2D eigenvalue weighted by molar-refractivity contribution is 7.80. The zero-order valence-corrected chi connectivity index (χ0v) is 9.14. The average Bonchev–Trinajstić information content (AvgIpc) is 2.29. The third-order valence-corrected chi connectivity index (χ3v) is 2.39. The van der Waals surface area contributed by atoms with Crippen molar-refractivity contribution in [1.82, 2.24) is 10.3 Å². The zero-order valence-electron chi connectivity index (χ0n) is 8.32. The Bertz CT molecular complexity index is 496. The zero-order chi connectivity index (χ0) is 10.7. The minimum atomic E-state index is 0.609. The van der Waals surface area contributed by atoms with E-state index < -0.39 is 0 Å². The molecule has 0 bridgehead atoms. The van der Waals surface area contributed by atoms with Crippen LogP contribution in [-0.2, 0) is 0 Å². The van der Waals surface area contributed by atoms with E-state index in [-0.39, 0.29) is 0 Å². The maximum absolute atomic E-state index is 5.02. The van der Waals surface area contributed by atoms with Gasteiger partial charge >= 0.3 is 0 Å². The molecule has 76 valence electrons. The van der Waals surface area contributed by atoms with Gasteiger partial charge in [-0.25, -0.2) is 0 Å². The van der Waals surface area contributed by atoms with Gasteiger partial charge in [0, 0.05) is 24.3 Å². The Kier molecular flexibility index (Phi) is 2.78. The van der Waals surface area contributed by atoms with Gasteiger partial charge < -0.3 is 10.6 Å². The fraction of sp³-hybridized carbons (Fsp3) is 0.0909. The highest BCUT2D eigenvalue weighted by atomic mass is 32.1. The molecular weight excluding hydrogens is 206 g/mol.